The van der Waals surface area contributed by atoms with Crippen molar-refractivity contribution < 1.29 is 22.0 Å². The molecule has 0 fully saturated rings. The Morgan fingerprint density at radius 2 is 2.06 bits per heavy atom. The van der Waals surface area contributed by atoms with Gasteiger partial charge in [-0.2, -0.15) is 0 Å². The number of nitrogens with two attached hydrogens (primary N) is 1. The molecule has 0 aliphatic rings. The van der Waals surface area contributed by atoms with Crippen LogP contribution in [0.3, 0.4) is 0 Å². The molecular formula is C9H10F2N2O3S. The van der Waals surface area contributed by atoms with Crippen LogP contribution < -0.4 is 10.5 Å². The molecule has 3 N–H and O–H groups in total. The van der Waals surface area contributed by atoms with Crippen LogP contribution in [-0.2, 0) is 10.0 Å². The average Bonchev–Trinajstić information content (AvgIpc) is 2.25. The highest BCUT2D eigenvalue weighted by atomic mass is 32.2. The number of sulfonamides is 1. The molecule has 0 radical (unpaired) electrons. The van der Waals surface area contributed by atoms with E-state index in [0.29, 0.717) is 0 Å². The lowest BCUT2D eigenvalue weighted by Gasteiger charge is -2.05. The Bertz CT molecular complexity index is 517. The van der Waals surface area contributed by atoms with Crippen molar-refractivity contribution in [2.75, 3.05) is 6.54 Å². The van der Waals surface area contributed by atoms with Gasteiger partial charge in [-0.15, -0.1) is 0 Å². The number of benzene rings is 1. The molecule has 1 aromatic rings. The summed E-state index contributed by atoms with van der Waals surface area (Å²) in [7, 11) is -3.92. The fourth-order valence-electron chi connectivity index (χ4n) is 1.09. The first-order valence-corrected chi connectivity index (χ1v) is 6.04. The van der Waals surface area contributed by atoms with Gasteiger partial charge in [0.15, 0.2) is 0 Å². The number of carbonyl (C=O) groups excluding carboxylic acids is 1. The molecule has 1 rings (SSSR count). The van der Waals surface area contributed by atoms with Crippen LogP contribution in [0.2, 0.25) is 0 Å². The summed E-state index contributed by atoms with van der Waals surface area (Å²) in [4.78, 5) is 11.1. The molecular weight excluding hydrogens is 254 g/mol. The van der Waals surface area contributed by atoms with Crippen LogP contribution in [0.1, 0.15) is 10.4 Å². The second kappa shape index (κ2) is 5.19. The number of halogens is 2. The Hall–Kier alpha value is -1.54. The van der Waals surface area contributed by atoms with E-state index in [1.807, 2.05) is 5.32 Å². The third-order valence-electron chi connectivity index (χ3n) is 1.84. The lowest BCUT2D eigenvalue weighted by Crippen LogP contribution is -2.28. The Kier molecular flexibility index (Phi) is 4.13. The SMILES string of the molecule is NS(=O)(=O)c1cccc(C(=O)NCC(F)F)c1. The van der Waals surface area contributed by atoms with E-state index in [-0.39, 0.29) is 10.5 Å². The summed E-state index contributed by atoms with van der Waals surface area (Å²) in [6.45, 7) is -0.793. The van der Waals surface area contributed by atoms with Crippen molar-refractivity contribution in [3.63, 3.8) is 0 Å². The number of hydrogen-bond acceptors (Lipinski definition) is 3. The van der Waals surface area contributed by atoms with Crippen LogP contribution >= 0.6 is 0 Å². The van der Waals surface area contributed by atoms with Crippen LogP contribution in [0.15, 0.2) is 29.2 Å². The van der Waals surface area contributed by atoms with Gasteiger partial charge in [0.1, 0.15) is 0 Å². The smallest absolute Gasteiger partial charge is 0.255 e. The van der Waals surface area contributed by atoms with Crippen LogP contribution in [0.5, 0.6) is 0 Å². The van der Waals surface area contributed by atoms with E-state index in [0.717, 1.165) is 6.07 Å². The van der Waals surface area contributed by atoms with Gasteiger partial charge in [0, 0.05) is 5.56 Å². The molecule has 0 aliphatic heterocycles. The first-order chi connectivity index (χ1) is 7.80. The standard InChI is InChI=1S/C9H10F2N2O3S/c10-8(11)5-13-9(14)6-2-1-3-7(4-6)17(12,15)16/h1-4,8H,5H2,(H,13,14)(H2,12,15,16). The highest BCUT2D eigenvalue weighted by Gasteiger charge is 2.13. The van der Waals surface area contributed by atoms with Crippen molar-refractivity contribution in [3.8, 4) is 0 Å². The largest absolute Gasteiger partial charge is 0.346 e. The van der Waals surface area contributed by atoms with Gasteiger partial charge in [-0.05, 0) is 18.2 Å². The molecule has 1 amide bonds. The molecule has 1 aromatic carbocycles. The van der Waals surface area contributed by atoms with Gasteiger partial charge in [-0.1, -0.05) is 6.07 Å². The Balaban J connectivity index is 2.89. The first kappa shape index (κ1) is 13.5. The zero-order valence-electron chi connectivity index (χ0n) is 8.56. The topological polar surface area (TPSA) is 89.3 Å². The van der Waals surface area contributed by atoms with Crippen molar-refractivity contribution in [2.45, 2.75) is 11.3 Å². The van der Waals surface area contributed by atoms with Crippen LogP contribution in [0.25, 0.3) is 0 Å². The molecule has 0 heterocycles. The summed E-state index contributed by atoms with van der Waals surface area (Å²) in [6.07, 6.45) is -2.67. The van der Waals surface area contributed by atoms with Gasteiger partial charge in [0.05, 0.1) is 11.4 Å². The second-order valence-corrected chi connectivity index (χ2v) is 4.74. The minimum atomic E-state index is -3.92. The number of primary sulfonamides is 1. The number of rotatable bonds is 4. The van der Waals surface area contributed by atoms with Gasteiger partial charge >= 0.3 is 0 Å². The fraction of sp³-hybridized carbons (Fsp3) is 0.222. The van der Waals surface area contributed by atoms with Crippen molar-refractivity contribution in [1.29, 1.82) is 0 Å². The van der Waals surface area contributed by atoms with Crippen molar-refractivity contribution in [1.82, 2.24) is 5.32 Å². The zero-order valence-corrected chi connectivity index (χ0v) is 9.38. The Morgan fingerprint density at radius 3 is 2.59 bits per heavy atom. The number of nitrogens with one attached hydrogen (secondary N) is 1. The van der Waals surface area contributed by atoms with E-state index in [1.54, 1.807) is 0 Å². The summed E-state index contributed by atoms with van der Waals surface area (Å²) in [6, 6.07) is 4.84. The highest BCUT2D eigenvalue weighted by molar-refractivity contribution is 7.89. The normalized spacial score (nSPS) is 11.5. The number of carbonyl (C=O) groups is 1. The van der Waals surface area contributed by atoms with Crippen molar-refractivity contribution >= 4 is 15.9 Å². The number of hydrogen-bond donors (Lipinski definition) is 2. The van der Waals surface area contributed by atoms with Gasteiger partial charge in [0.2, 0.25) is 10.0 Å². The second-order valence-electron chi connectivity index (χ2n) is 3.17. The monoisotopic (exact) mass is 264 g/mol. The zero-order chi connectivity index (χ0) is 13.1. The molecule has 94 valence electrons. The van der Waals surface area contributed by atoms with E-state index in [9.17, 15) is 22.0 Å². The summed E-state index contributed by atoms with van der Waals surface area (Å²) in [5.41, 5.74) is -0.0443. The van der Waals surface area contributed by atoms with Gasteiger partial charge in [0.25, 0.3) is 12.3 Å². The third kappa shape index (κ3) is 4.08. The molecule has 0 spiro atoms. The molecule has 0 unspecified atom stereocenters. The lowest BCUT2D eigenvalue weighted by molar-refractivity contribution is 0.0891. The molecule has 0 bridgehead atoms. The number of amides is 1. The molecule has 17 heavy (non-hydrogen) atoms. The highest BCUT2D eigenvalue weighted by Crippen LogP contribution is 2.09. The van der Waals surface area contributed by atoms with Gasteiger partial charge in [-0.3, -0.25) is 4.79 Å². The van der Waals surface area contributed by atoms with Crippen molar-refractivity contribution in [2.24, 2.45) is 5.14 Å². The summed E-state index contributed by atoms with van der Waals surface area (Å²) >= 11 is 0. The van der Waals surface area contributed by atoms with E-state index >= 15 is 0 Å². The number of alkyl halides is 2. The van der Waals surface area contributed by atoms with E-state index in [2.05, 4.69) is 0 Å². The average molecular weight is 264 g/mol. The quantitative estimate of drug-likeness (QED) is 0.821. The molecule has 0 saturated heterocycles. The predicted molar refractivity (Wildman–Crippen MR) is 56.2 cm³/mol. The maximum absolute atomic E-state index is 11.8. The van der Waals surface area contributed by atoms with E-state index in [4.69, 9.17) is 5.14 Å². The van der Waals surface area contributed by atoms with Crippen molar-refractivity contribution in [3.05, 3.63) is 29.8 Å². The minimum absolute atomic E-state index is 0.0443. The van der Waals surface area contributed by atoms with Gasteiger partial charge < -0.3 is 5.32 Å². The lowest BCUT2D eigenvalue weighted by atomic mass is 10.2. The third-order valence-corrected chi connectivity index (χ3v) is 2.75. The minimum Gasteiger partial charge on any atom is -0.346 e. The maximum Gasteiger partial charge on any atom is 0.255 e. The molecule has 0 atom stereocenters. The van der Waals surface area contributed by atoms with Crippen LogP contribution in [0.4, 0.5) is 8.78 Å². The van der Waals surface area contributed by atoms with E-state index < -0.39 is 28.9 Å². The maximum atomic E-state index is 11.8. The Labute approximate surface area is 96.7 Å². The summed E-state index contributed by atoms with van der Waals surface area (Å²) in [5.74, 6) is -0.782. The van der Waals surface area contributed by atoms with Crippen LogP contribution in [0, 0.1) is 0 Å². The van der Waals surface area contributed by atoms with E-state index in [1.165, 1.54) is 18.2 Å². The first-order valence-electron chi connectivity index (χ1n) is 4.50. The fourth-order valence-corrected chi connectivity index (χ4v) is 1.65. The summed E-state index contributed by atoms with van der Waals surface area (Å²) < 4.78 is 45.7. The van der Waals surface area contributed by atoms with Crippen LogP contribution in [-0.4, -0.2) is 27.3 Å². The molecule has 0 saturated carbocycles. The molecule has 0 aromatic heterocycles. The summed E-state index contributed by atoms with van der Waals surface area (Å²) in [5, 5.41) is 6.82. The van der Waals surface area contributed by atoms with Gasteiger partial charge in [-0.25, -0.2) is 22.3 Å². The Morgan fingerprint density at radius 1 is 1.41 bits per heavy atom. The predicted octanol–water partition coefficient (Wildman–Crippen LogP) is 0.329. The molecule has 0 aliphatic carbocycles. The molecule has 5 nitrogen and oxygen atoms in total. The molecule has 8 heteroatoms.